The Hall–Kier alpha value is -5.33. The number of carboxylic acid groups (broad SMARTS) is 2. The molecule has 12 heteroatoms. The van der Waals surface area contributed by atoms with Gasteiger partial charge in [0.2, 0.25) is 5.91 Å². The van der Waals surface area contributed by atoms with Crippen molar-refractivity contribution in [2.75, 3.05) is 23.7 Å². The van der Waals surface area contributed by atoms with Crippen LogP contribution in [-0.2, 0) is 41.8 Å². The topological polar surface area (TPSA) is 156 Å². The van der Waals surface area contributed by atoms with Crippen LogP contribution in [0, 0.1) is 0 Å². The van der Waals surface area contributed by atoms with Gasteiger partial charge in [0, 0.05) is 54.3 Å². The third-order valence-electron chi connectivity index (χ3n) is 11.5. The van der Waals surface area contributed by atoms with Gasteiger partial charge in [0.1, 0.15) is 5.00 Å². The van der Waals surface area contributed by atoms with Crippen LogP contribution < -0.4 is 10.6 Å². The number of nitrogens with zero attached hydrogens (tertiary/aromatic N) is 2. The number of amides is 3. The van der Waals surface area contributed by atoms with E-state index in [1.165, 1.54) is 11.3 Å². The fourth-order valence-electron chi connectivity index (χ4n) is 8.30. The molecule has 2 aliphatic rings. The number of aromatic carboxylic acids is 1. The van der Waals surface area contributed by atoms with Gasteiger partial charge in [0.25, 0.3) is 11.8 Å². The van der Waals surface area contributed by atoms with Crippen molar-refractivity contribution in [3.63, 3.8) is 0 Å². The lowest BCUT2D eigenvalue weighted by atomic mass is 9.95. The summed E-state index contributed by atoms with van der Waals surface area (Å²) in [6.07, 6.45) is 8.66. The fraction of sp³-hybridized carbons (Fsp3) is 0.413. The number of anilines is 2. The van der Waals surface area contributed by atoms with Gasteiger partial charge in [-0.2, -0.15) is 0 Å². The van der Waals surface area contributed by atoms with Gasteiger partial charge in [-0.05, 0) is 123 Å². The van der Waals surface area contributed by atoms with E-state index in [4.69, 9.17) is 10.2 Å². The molecule has 1 fully saturated rings. The van der Waals surface area contributed by atoms with Crippen LogP contribution in [0.15, 0.2) is 72.8 Å². The van der Waals surface area contributed by atoms with Gasteiger partial charge < -0.3 is 25.7 Å². The number of fused-ring (bicyclic) bond motifs is 1. The molecular formula is C46H54N4O7S. The van der Waals surface area contributed by atoms with Crippen LogP contribution in [0.2, 0.25) is 0 Å². The van der Waals surface area contributed by atoms with Crippen molar-refractivity contribution >= 4 is 51.7 Å². The first-order valence-corrected chi connectivity index (χ1v) is 21.4. The third kappa shape index (κ3) is 10.8. The summed E-state index contributed by atoms with van der Waals surface area (Å²) in [7, 11) is 0. The van der Waals surface area contributed by atoms with E-state index in [-0.39, 0.29) is 48.2 Å². The number of likely N-dealkylation sites (tertiary alicyclic amines) is 1. The number of carbonyl (C=O) groups excluding carboxylic acids is 3. The molecule has 4 aromatic rings. The SMILES string of the molecule is CCC(CC)N(Cc1cccc(C(=O)Nc2sc3c(c2C(=O)Nc2ccc(CCc4ccc(C(=O)O)cc4)cc2)CCCC3)c1)C[C@@H]1CCCN1C(=O)CCC(=O)O. The highest BCUT2D eigenvalue weighted by atomic mass is 32.1. The zero-order valence-electron chi connectivity index (χ0n) is 33.4. The van der Waals surface area contributed by atoms with Gasteiger partial charge >= 0.3 is 11.9 Å². The molecule has 2 heterocycles. The van der Waals surface area contributed by atoms with Crippen molar-refractivity contribution in [1.29, 1.82) is 0 Å². The number of rotatable bonds is 18. The first-order chi connectivity index (χ1) is 28.0. The predicted molar refractivity (Wildman–Crippen MR) is 227 cm³/mol. The number of hydrogen-bond donors (Lipinski definition) is 4. The molecule has 0 unspecified atom stereocenters. The Morgan fingerprint density at radius 2 is 1.48 bits per heavy atom. The van der Waals surface area contributed by atoms with E-state index in [0.717, 1.165) is 91.3 Å². The second kappa shape index (κ2) is 19.9. The van der Waals surface area contributed by atoms with Crippen molar-refractivity contribution < 1.29 is 34.2 Å². The molecule has 0 spiro atoms. The number of thiophene rings is 1. The molecule has 0 radical (unpaired) electrons. The third-order valence-corrected chi connectivity index (χ3v) is 12.7. The number of benzene rings is 3. The minimum absolute atomic E-state index is 0.00859. The molecule has 4 N–H and O–H groups in total. The molecule has 58 heavy (non-hydrogen) atoms. The van der Waals surface area contributed by atoms with Gasteiger partial charge in [0.05, 0.1) is 17.5 Å². The van der Waals surface area contributed by atoms with Gasteiger partial charge in [-0.3, -0.25) is 24.1 Å². The monoisotopic (exact) mass is 806 g/mol. The average Bonchev–Trinajstić information content (AvgIpc) is 3.84. The maximum Gasteiger partial charge on any atom is 0.335 e. The molecule has 1 saturated heterocycles. The smallest absolute Gasteiger partial charge is 0.335 e. The Labute approximate surface area is 344 Å². The van der Waals surface area contributed by atoms with E-state index in [2.05, 4.69) is 29.4 Å². The predicted octanol–water partition coefficient (Wildman–Crippen LogP) is 8.46. The summed E-state index contributed by atoms with van der Waals surface area (Å²) < 4.78 is 0. The molecule has 306 valence electrons. The van der Waals surface area contributed by atoms with Crippen LogP contribution >= 0.6 is 11.3 Å². The van der Waals surface area contributed by atoms with Crippen molar-refractivity contribution in [2.24, 2.45) is 0 Å². The highest BCUT2D eigenvalue weighted by Crippen LogP contribution is 2.39. The number of hydrogen-bond acceptors (Lipinski definition) is 7. The number of carbonyl (C=O) groups is 5. The highest BCUT2D eigenvalue weighted by Gasteiger charge is 2.32. The quantitative estimate of drug-likeness (QED) is 0.0781. The lowest BCUT2D eigenvalue weighted by Crippen LogP contribution is -2.46. The summed E-state index contributed by atoms with van der Waals surface area (Å²) in [6, 6.07) is 22.5. The molecule has 3 amide bonds. The van der Waals surface area contributed by atoms with Crippen LogP contribution in [0.3, 0.4) is 0 Å². The van der Waals surface area contributed by atoms with Crippen LogP contribution in [0.25, 0.3) is 0 Å². The Morgan fingerprint density at radius 1 is 0.793 bits per heavy atom. The lowest BCUT2D eigenvalue weighted by Gasteiger charge is -2.35. The molecule has 1 atom stereocenters. The van der Waals surface area contributed by atoms with Crippen molar-refractivity contribution in [3.05, 3.63) is 117 Å². The first kappa shape index (κ1) is 42.3. The normalized spacial score (nSPS) is 15.0. The van der Waals surface area contributed by atoms with E-state index < -0.39 is 11.9 Å². The summed E-state index contributed by atoms with van der Waals surface area (Å²) in [5, 5.41) is 25.0. The van der Waals surface area contributed by atoms with Gasteiger partial charge in [0.15, 0.2) is 0 Å². The van der Waals surface area contributed by atoms with E-state index >= 15 is 0 Å². The minimum Gasteiger partial charge on any atom is -0.481 e. The zero-order valence-corrected chi connectivity index (χ0v) is 34.2. The molecule has 6 rings (SSSR count). The molecule has 1 aliphatic carbocycles. The molecule has 11 nitrogen and oxygen atoms in total. The zero-order chi connectivity index (χ0) is 41.2. The van der Waals surface area contributed by atoms with E-state index in [0.29, 0.717) is 41.4 Å². The second-order valence-corrected chi connectivity index (χ2v) is 16.5. The van der Waals surface area contributed by atoms with Gasteiger partial charge in [-0.15, -0.1) is 11.3 Å². The standard InChI is InChI=1S/C46H54N4O7S/c1-3-36(4-2)49(29-37-11-8-26-50(37)40(51)24-25-41(52)53)28-32-9-7-10-34(27-32)43(54)48-45-42(38-12-5-6-13-39(38)58-45)44(55)47-35-22-18-31(19-23-35)15-14-30-16-20-33(21-17-30)46(56)57/h7,9-10,16-23,27,36-37H,3-6,8,11-15,24-26,28-29H2,1-2H3,(H,47,55)(H,48,54)(H,52,53)(H,56,57)/t37-/m0/s1. The summed E-state index contributed by atoms with van der Waals surface area (Å²) in [6.45, 7) is 6.24. The van der Waals surface area contributed by atoms with Crippen LogP contribution in [0.5, 0.6) is 0 Å². The van der Waals surface area contributed by atoms with Crippen LogP contribution in [0.1, 0.15) is 123 Å². The van der Waals surface area contributed by atoms with Crippen LogP contribution in [0.4, 0.5) is 10.7 Å². The number of carboxylic acids is 2. The average molecular weight is 807 g/mol. The van der Waals surface area contributed by atoms with E-state index in [1.54, 1.807) is 18.2 Å². The van der Waals surface area contributed by atoms with E-state index in [1.807, 2.05) is 59.5 Å². The first-order valence-electron chi connectivity index (χ1n) is 20.6. The summed E-state index contributed by atoms with van der Waals surface area (Å²) in [5.74, 6) is -2.55. The van der Waals surface area contributed by atoms with Gasteiger partial charge in [-0.25, -0.2) is 4.79 Å². The Balaban J connectivity index is 1.13. The summed E-state index contributed by atoms with van der Waals surface area (Å²) in [4.78, 5) is 68.6. The maximum atomic E-state index is 14.0. The molecule has 3 aromatic carbocycles. The molecule has 1 aliphatic heterocycles. The summed E-state index contributed by atoms with van der Waals surface area (Å²) >= 11 is 1.48. The van der Waals surface area contributed by atoms with E-state index in [9.17, 15) is 24.0 Å². The molecular weight excluding hydrogens is 753 g/mol. The van der Waals surface area contributed by atoms with Crippen molar-refractivity contribution in [1.82, 2.24) is 9.80 Å². The molecule has 0 saturated carbocycles. The number of aryl methyl sites for hydroxylation is 3. The fourth-order valence-corrected chi connectivity index (χ4v) is 9.58. The van der Waals surface area contributed by atoms with Crippen molar-refractivity contribution in [3.8, 4) is 0 Å². The van der Waals surface area contributed by atoms with Crippen LogP contribution in [-0.4, -0.2) is 74.8 Å². The van der Waals surface area contributed by atoms with Gasteiger partial charge in [-0.1, -0.05) is 50.2 Å². The Bertz CT molecular complexity index is 2090. The minimum atomic E-state index is -0.968. The number of nitrogens with one attached hydrogen (secondary N) is 2. The number of aliphatic carboxylic acids is 1. The second-order valence-electron chi connectivity index (χ2n) is 15.4. The van der Waals surface area contributed by atoms with Crippen molar-refractivity contribution in [2.45, 2.75) is 110 Å². The highest BCUT2D eigenvalue weighted by molar-refractivity contribution is 7.17. The molecule has 0 bridgehead atoms. The Kier molecular flexibility index (Phi) is 14.5. The Morgan fingerprint density at radius 3 is 2.16 bits per heavy atom. The largest absolute Gasteiger partial charge is 0.481 e. The summed E-state index contributed by atoms with van der Waals surface area (Å²) in [5.41, 5.74) is 6.07. The molecule has 1 aromatic heterocycles. The lowest BCUT2D eigenvalue weighted by molar-refractivity contribution is -0.141. The maximum absolute atomic E-state index is 14.0.